The molecule has 0 saturated carbocycles. The Bertz CT molecular complexity index is 906. The van der Waals surface area contributed by atoms with Crippen LogP contribution in [0.3, 0.4) is 0 Å². The number of hydrogen-bond donors (Lipinski definition) is 2. The van der Waals surface area contributed by atoms with Crippen molar-refractivity contribution < 1.29 is 19.7 Å². The third-order valence-electron chi connectivity index (χ3n) is 5.39. The largest absolute Gasteiger partial charge is 0.507 e. The SMILES string of the molecule is COc1cc(C/C=C(\C)CCC=C(C)C)c(C(=O)O)c(O)c1C/C=C(\C)CCC=C(C)C. The van der Waals surface area contributed by atoms with Crippen molar-refractivity contribution in [2.45, 2.75) is 80.1 Å². The highest BCUT2D eigenvalue weighted by atomic mass is 16.5. The molecule has 4 nitrogen and oxygen atoms in total. The standard InChI is InChI=1S/C28H40O4/c1-19(2)10-8-12-21(5)14-16-23-18-25(32-7)24(27(29)26(23)28(30)31)17-15-22(6)13-9-11-20(3)4/h10-11,14-15,18,29H,8-9,12-13,16-17H2,1-7H3,(H,30,31)/b21-14+,22-15+. The molecule has 0 aliphatic carbocycles. The lowest BCUT2D eigenvalue weighted by molar-refractivity contribution is 0.0692. The third-order valence-corrected chi connectivity index (χ3v) is 5.39. The van der Waals surface area contributed by atoms with Gasteiger partial charge in [0.2, 0.25) is 0 Å². The number of carboxylic acids is 1. The molecule has 1 aromatic carbocycles. The van der Waals surface area contributed by atoms with Gasteiger partial charge >= 0.3 is 5.97 Å². The number of hydrogen-bond acceptors (Lipinski definition) is 3. The Morgan fingerprint density at radius 1 is 0.875 bits per heavy atom. The Labute approximate surface area is 194 Å². The molecular formula is C28H40O4. The van der Waals surface area contributed by atoms with Gasteiger partial charge in [-0.1, -0.05) is 46.6 Å². The fourth-order valence-corrected chi connectivity index (χ4v) is 3.46. The van der Waals surface area contributed by atoms with Crippen molar-refractivity contribution in [1.82, 2.24) is 0 Å². The zero-order valence-corrected chi connectivity index (χ0v) is 20.8. The van der Waals surface area contributed by atoms with E-state index < -0.39 is 5.97 Å². The van der Waals surface area contributed by atoms with E-state index in [1.807, 2.05) is 19.1 Å². The van der Waals surface area contributed by atoms with E-state index in [4.69, 9.17) is 4.74 Å². The van der Waals surface area contributed by atoms with Gasteiger partial charge in [-0.3, -0.25) is 0 Å². The van der Waals surface area contributed by atoms with Crippen LogP contribution in [-0.2, 0) is 12.8 Å². The van der Waals surface area contributed by atoms with Crippen LogP contribution < -0.4 is 4.74 Å². The molecule has 0 aromatic heterocycles. The van der Waals surface area contributed by atoms with E-state index in [1.54, 1.807) is 13.2 Å². The minimum atomic E-state index is -1.12. The van der Waals surface area contributed by atoms with Crippen LogP contribution in [0, 0.1) is 0 Å². The van der Waals surface area contributed by atoms with Gasteiger partial charge in [0.1, 0.15) is 17.1 Å². The van der Waals surface area contributed by atoms with Crippen molar-refractivity contribution in [3.05, 3.63) is 69.4 Å². The summed E-state index contributed by atoms with van der Waals surface area (Å²) in [6, 6.07) is 1.75. The van der Waals surface area contributed by atoms with Crippen molar-refractivity contribution in [3.8, 4) is 11.5 Å². The average molecular weight is 441 g/mol. The number of allylic oxidation sites excluding steroid dienone is 8. The van der Waals surface area contributed by atoms with Crippen molar-refractivity contribution in [2.24, 2.45) is 0 Å². The first-order valence-electron chi connectivity index (χ1n) is 11.3. The van der Waals surface area contributed by atoms with Crippen LogP contribution in [0.2, 0.25) is 0 Å². The number of carbonyl (C=O) groups is 1. The highest BCUT2D eigenvalue weighted by Gasteiger charge is 2.22. The number of aromatic carboxylic acids is 1. The Morgan fingerprint density at radius 3 is 1.81 bits per heavy atom. The van der Waals surface area contributed by atoms with E-state index in [-0.39, 0.29) is 11.3 Å². The Morgan fingerprint density at radius 2 is 1.38 bits per heavy atom. The molecule has 1 aromatic rings. The molecule has 2 N–H and O–H groups in total. The van der Waals surface area contributed by atoms with Crippen molar-refractivity contribution in [3.63, 3.8) is 0 Å². The molecule has 4 heteroatoms. The molecule has 0 aliphatic rings. The maximum absolute atomic E-state index is 12.0. The second-order valence-electron chi connectivity index (χ2n) is 8.89. The molecule has 176 valence electrons. The Balaban J connectivity index is 3.16. The van der Waals surface area contributed by atoms with E-state index >= 15 is 0 Å². The lowest BCUT2D eigenvalue weighted by Gasteiger charge is -2.15. The summed E-state index contributed by atoms with van der Waals surface area (Å²) in [4.78, 5) is 12.0. The molecule has 0 radical (unpaired) electrons. The monoisotopic (exact) mass is 440 g/mol. The number of methoxy groups -OCH3 is 1. The molecule has 0 fully saturated rings. The fraction of sp³-hybridized carbons (Fsp3) is 0.464. The first kappa shape index (κ1) is 27.3. The van der Waals surface area contributed by atoms with E-state index in [0.717, 1.165) is 25.7 Å². The highest BCUT2D eigenvalue weighted by Crippen LogP contribution is 2.36. The maximum atomic E-state index is 12.0. The first-order chi connectivity index (χ1) is 15.1. The fourth-order valence-electron chi connectivity index (χ4n) is 3.46. The third kappa shape index (κ3) is 9.17. The lowest BCUT2D eigenvalue weighted by Crippen LogP contribution is -2.06. The molecule has 0 spiro atoms. The molecule has 0 heterocycles. The summed E-state index contributed by atoms with van der Waals surface area (Å²) < 4.78 is 5.52. The van der Waals surface area contributed by atoms with Gasteiger partial charge in [-0.25, -0.2) is 4.79 Å². The predicted octanol–water partition coefficient (Wildman–Crippen LogP) is 7.57. The van der Waals surface area contributed by atoms with E-state index in [1.165, 1.54) is 22.3 Å². The van der Waals surface area contributed by atoms with Crippen LogP contribution in [0.4, 0.5) is 0 Å². The van der Waals surface area contributed by atoms with E-state index in [0.29, 0.717) is 29.7 Å². The summed E-state index contributed by atoms with van der Waals surface area (Å²) in [6.07, 6.45) is 13.1. The summed E-state index contributed by atoms with van der Waals surface area (Å²) >= 11 is 0. The maximum Gasteiger partial charge on any atom is 0.339 e. The normalized spacial score (nSPS) is 11.8. The molecule has 0 aliphatic heterocycles. The average Bonchev–Trinajstić information content (AvgIpc) is 2.70. The van der Waals surface area contributed by atoms with Gasteiger partial charge in [0.15, 0.2) is 0 Å². The van der Waals surface area contributed by atoms with Crippen molar-refractivity contribution >= 4 is 5.97 Å². The molecule has 0 bridgehead atoms. The summed E-state index contributed by atoms with van der Waals surface area (Å²) in [5.41, 5.74) is 6.00. The topological polar surface area (TPSA) is 66.8 Å². The molecule has 0 unspecified atom stereocenters. The van der Waals surface area contributed by atoms with Gasteiger partial charge in [-0.2, -0.15) is 0 Å². The number of carboxylic acid groups (broad SMARTS) is 1. The van der Waals surface area contributed by atoms with Crippen LogP contribution in [0.25, 0.3) is 0 Å². The van der Waals surface area contributed by atoms with Gasteiger partial charge in [0.25, 0.3) is 0 Å². The minimum Gasteiger partial charge on any atom is -0.507 e. The molecule has 0 saturated heterocycles. The lowest BCUT2D eigenvalue weighted by atomic mass is 9.95. The first-order valence-corrected chi connectivity index (χ1v) is 11.3. The van der Waals surface area contributed by atoms with Gasteiger partial charge in [-0.05, 0) is 91.7 Å². The Hall–Kier alpha value is -2.75. The number of phenols is 1. The highest BCUT2D eigenvalue weighted by molar-refractivity contribution is 5.94. The number of benzene rings is 1. The number of ether oxygens (including phenoxy) is 1. The van der Waals surface area contributed by atoms with Crippen molar-refractivity contribution in [1.29, 1.82) is 0 Å². The number of rotatable bonds is 12. The molecule has 0 atom stereocenters. The quantitative estimate of drug-likeness (QED) is 0.329. The minimum absolute atomic E-state index is 0.0373. The van der Waals surface area contributed by atoms with Crippen LogP contribution in [-0.4, -0.2) is 23.3 Å². The molecule has 32 heavy (non-hydrogen) atoms. The number of aromatic hydroxyl groups is 1. The second kappa shape index (κ2) is 13.6. The summed E-state index contributed by atoms with van der Waals surface area (Å²) in [7, 11) is 1.55. The molecule has 1 rings (SSSR count). The van der Waals surface area contributed by atoms with E-state index in [2.05, 4.69) is 46.8 Å². The zero-order valence-electron chi connectivity index (χ0n) is 20.8. The summed E-state index contributed by atoms with van der Waals surface area (Å²) in [5.74, 6) is -0.802. The van der Waals surface area contributed by atoms with Crippen LogP contribution in [0.5, 0.6) is 11.5 Å². The zero-order chi connectivity index (χ0) is 24.3. The summed E-state index contributed by atoms with van der Waals surface area (Å²) in [6.45, 7) is 12.4. The smallest absolute Gasteiger partial charge is 0.339 e. The molecule has 0 amide bonds. The predicted molar refractivity (Wildman–Crippen MR) is 134 cm³/mol. The van der Waals surface area contributed by atoms with Gasteiger partial charge in [0, 0.05) is 5.56 Å². The van der Waals surface area contributed by atoms with Crippen molar-refractivity contribution in [2.75, 3.05) is 7.11 Å². The van der Waals surface area contributed by atoms with Crippen LogP contribution in [0.1, 0.15) is 88.7 Å². The van der Waals surface area contributed by atoms with Gasteiger partial charge in [-0.15, -0.1) is 0 Å². The van der Waals surface area contributed by atoms with E-state index in [9.17, 15) is 15.0 Å². The van der Waals surface area contributed by atoms with Crippen LogP contribution in [0.15, 0.2) is 52.7 Å². The van der Waals surface area contributed by atoms with Crippen LogP contribution >= 0.6 is 0 Å². The summed E-state index contributed by atoms with van der Waals surface area (Å²) in [5, 5.41) is 20.7. The van der Waals surface area contributed by atoms with Gasteiger partial charge < -0.3 is 14.9 Å². The Kier molecular flexibility index (Phi) is 11.6. The molecular weight excluding hydrogens is 400 g/mol. The second-order valence-corrected chi connectivity index (χ2v) is 8.89. The van der Waals surface area contributed by atoms with Gasteiger partial charge in [0.05, 0.1) is 7.11 Å².